The van der Waals surface area contributed by atoms with Gasteiger partial charge in [-0.25, -0.2) is 0 Å². The number of hydrogen-bond donors (Lipinski definition) is 1. The van der Waals surface area contributed by atoms with Gasteiger partial charge in [0, 0.05) is 26.3 Å². The predicted octanol–water partition coefficient (Wildman–Crippen LogP) is 1.67. The molecule has 1 fully saturated rings. The van der Waals surface area contributed by atoms with Gasteiger partial charge in [0.15, 0.2) is 0 Å². The van der Waals surface area contributed by atoms with Crippen LogP contribution in [0.15, 0.2) is 30.2 Å². The molecule has 17 heavy (non-hydrogen) atoms. The Morgan fingerprint density at radius 2 is 1.76 bits per heavy atom. The standard InChI is InChI=1S/C13H18BNO2/c1-12-2-4-13(5-3-12)6-7-14-16-10-8-15-9-11-17-14/h2-7,15H,8-11H2,1H3/b7-6-. The van der Waals surface area contributed by atoms with E-state index in [0.29, 0.717) is 13.2 Å². The number of aryl methyl sites for hydroxylation is 1. The summed E-state index contributed by atoms with van der Waals surface area (Å²) in [7, 11) is -0.224. The second kappa shape index (κ2) is 6.59. The molecule has 1 N–H and O–H groups in total. The van der Waals surface area contributed by atoms with Crippen molar-refractivity contribution in [3.8, 4) is 0 Å². The van der Waals surface area contributed by atoms with Gasteiger partial charge in [0.1, 0.15) is 0 Å². The van der Waals surface area contributed by atoms with Gasteiger partial charge in [0.05, 0.1) is 0 Å². The molecular formula is C13H18BNO2. The summed E-state index contributed by atoms with van der Waals surface area (Å²) in [5, 5.41) is 3.21. The lowest BCUT2D eigenvalue weighted by Crippen LogP contribution is -2.34. The van der Waals surface area contributed by atoms with Crippen LogP contribution in [0.2, 0.25) is 0 Å². The van der Waals surface area contributed by atoms with E-state index in [2.05, 4.69) is 36.5 Å². The van der Waals surface area contributed by atoms with Gasteiger partial charge in [-0.05, 0) is 12.5 Å². The molecule has 1 saturated heterocycles. The Bertz CT molecular complexity index is 356. The highest BCUT2D eigenvalue weighted by Crippen LogP contribution is 2.06. The van der Waals surface area contributed by atoms with E-state index in [0.717, 1.165) is 13.1 Å². The van der Waals surface area contributed by atoms with E-state index in [1.807, 2.05) is 12.1 Å². The van der Waals surface area contributed by atoms with Crippen molar-refractivity contribution in [2.75, 3.05) is 26.3 Å². The minimum atomic E-state index is -0.224. The van der Waals surface area contributed by atoms with Gasteiger partial charge in [-0.15, -0.1) is 0 Å². The van der Waals surface area contributed by atoms with Crippen molar-refractivity contribution in [3.05, 3.63) is 41.4 Å². The highest BCUT2D eigenvalue weighted by Gasteiger charge is 2.15. The van der Waals surface area contributed by atoms with Crippen LogP contribution in [-0.4, -0.2) is 33.4 Å². The van der Waals surface area contributed by atoms with Crippen molar-refractivity contribution in [3.63, 3.8) is 0 Å². The summed E-state index contributed by atoms with van der Waals surface area (Å²) in [5.41, 5.74) is 2.44. The zero-order valence-corrected chi connectivity index (χ0v) is 10.2. The fourth-order valence-electron chi connectivity index (χ4n) is 1.65. The molecule has 0 bridgehead atoms. The van der Waals surface area contributed by atoms with Crippen molar-refractivity contribution in [2.45, 2.75) is 6.92 Å². The van der Waals surface area contributed by atoms with Crippen LogP contribution in [-0.2, 0) is 9.31 Å². The summed E-state index contributed by atoms with van der Waals surface area (Å²) in [5.74, 6) is 1.97. The van der Waals surface area contributed by atoms with E-state index >= 15 is 0 Å². The molecule has 0 aromatic heterocycles. The maximum absolute atomic E-state index is 5.56. The molecule has 4 heteroatoms. The summed E-state index contributed by atoms with van der Waals surface area (Å²) < 4.78 is 11.1. The fraction of sp³-hybridized carbons (Fsp3) is 0.385. The highest BCUT2D eigenvalue weighted by molar-refractivity contribution is 6.51. The van der Waals surface area contributed by atoms with Crippen molar-refractivity contribution < 1.29 is 9.31 Å². The monoisotopic (exact) mass is 231 g/mol. The molecule has 0 unspecified atom stereocenters. The minimum Gasteiger partial charge on any atom is -0.406 e. The first-order valence-electron chi connectivity index (χ1n) is 6.03. The maximum Gasteiger partial charge on any atom is 0.486 e. The Morgan fingerprint density at radius 1 is 1.12 bits per heavy atom. The molecule has 1 heterocycles. The zero-order valence-electron chi connectivity index (χ0n) is 10.2. The SMILES string of the molecule is Cc1ccc(/C=C\B2OCCNCCO2)cc1. The summed E-state index contributed by atoms with van der Waals surface area (Å²) in [6, 6.07) is 8.39. The predicted molar refractivity (Wildman–Crippen MR) is 70.7 cm³/mol. The van der Waals surface area contributed by atoms with Gasteiger partial charge < -0.3 is 14.6 Å². The molecule has 2 rings (SSSR count). The van der Waals surface area contributed by atoms with E-state index in [4.69, 9.17) is 9.31 Å². The Morgan fingerprint density at radius 3 is 2.41 bits per heavy atom. The van der Waals surface area contributed by atoms with Gasteiger partial charge >= 0.3 is 7.12 Å². The van der Waals surface area contributed by atoms with Crippen LogP contribution < -0.4 is 5.32 Å². The molecule has 0 aliphatic carbocycles. The Kier molecular flexibility index (Phi) is 4.80. The molecule has 3 nitrogen and oxygen atoms in total. The first-order valence-corrected chi connectivity index (χ1v) is 6.03. The lowest BCUT2D eigenvalue weighted by molar-refractivity contribution is 0.186. The third-order valence-electron chi connectivity index (χ3n) is 2.65. The first kappa shape index (κ1) is 12.4. The topological polar surface area (TPSA) is 30.5 Å². The molecule has 0 spiro atoms. The number of benzene rings is 1. The maximum atomic E-state index is 5.56. The molecule has 0 saturated carbocycles. The fourth-order valence-corrected chi connectivity index (χ4v) is 1.65. The van der Waals surface area contributed by atoms with Crippen molar-refractivity contribution in [1.29, 1.82) is 0 Å². The van der Waals surface area contributed by atoms with Gasteiger partial charge in [-0.2, -0.15) is 0 Å². The summed E-state index contributed by atoms with van der Waals surface area (Å²) in [4.78, 5) is 0. The van der Waals surface area contributed by atoms with Crippen LogP contribution in [0.1, 0.15) is 11.1 Å². The lowest BCUT2D eigenvalue weighted by atomic mass is 9.88. The van der Waals surface area contributed by atoms with Gasteiger partial charge in [0.2, 0.25) is 0 Å². The van der Waals surface area contributed by atoms with Crippen LogP contribution in [0, 0.1) is 6.92 Å². The molecule has 1 aliphatic rings. The number of nitrogens with one attached hydrogen (secondary N) is 1. The largest absolute Gasteiger partial charge is 0.486 e. The quantitative estimate of drug-likeness (QED) is 0.785. The third kappa shape index (κ3) is 4.34. The third-order valence-corrected chi connectivity index (χ3v) is 2.65. The Balaban J connectivity index is 1.91. The van der Waals surface area contributed by atoms with E-state index in [1.165, 1.54) is 11.1 Å². The smallest absolute Gasteiger partial charge is 0.406 e. The van der Waals surface area contributed by atoms with E-state index < -0.39 is 0 Å². The molecule has 1 aromatic rings. The normalized spacial score (nSPS) is 18.1. The molecule has 0 radical (unpaired) electrons. The first-order chi connectivity index (χ1) is 8.34. The number of rotatable bonds is 2. The molecule has 0 atom stereocenters. The van der Waals surface area contributed by atoms with Crippen molar-refractivity contribution in [1.82, 2.24) is 5.32 Å². The summed E-state index contributed by atoms with van der Waals surface area (Å²) in [6.07, 6.45) is 2.04. The Labute approximate surface area is 103 Å². The second-order valence-corrected chi connectivity index (χ2v) is 4.13. The molecule has 1 aliphatic heterocycles. The van der Waals surface area contributed by atoms with E-state index in [9.17, 15) is 0 Å². The van der Waals surface area contributed by atoms with E-state index in [1.54, 1.807) is 0 Å². The lowest BCUT2D eigenvalue weighted by Gasteiger charge is -2.16. The average molecular weight is 231 g/mol. The Hall–Kier alpha value is -1.10. The molecule has 1 aromatic carbocycles. The summed E-state index contributed by atoms with van der Waals surface area (Å²) in [6.45, 7) is 5.23. The van der Waals surface area contributed by atoms with Crippen molar-refractivity contribution >= 4 is 13.2 Å². The molecule has 90 valence electrons. The molecular weight excluding hydrogens is 213 g/mol. The number of hydrogen-bond acceptors (Lipinski definition) is 3. The zero-order chi connectivity index (χ0) is 11.9. The van der Waals surface area contributed by atoms with Crippen LogP contribution in [0.25, 0.3) is 6.08 Å². The van der Waals surface area contributed by atoms with Crippen LogP contribution in [0.5, 0.6) is 0 Å². The highest BCUT2D eigenvalue weighted by atomic mass is 16.6. The van der Waals surface area contributed by atoms with Crippen LogP contribution in [0.4, 0.5) is 0 Å². The average Bonchev–Trinajstić information content (AvgIpc) is 2.30. The van der Waals surface area contributed by atoms with Crippen LogP contribution >= 0.6 is 0 Å². The van der Waals surface area contributed by atoms with Gasteiger partial charge in [0.25, 0.3) is 0 Å². The van der Waals surface area contributed by atoms with Gasteiger partial charge in [-0.3, -0.25) is 0 Å². The van der Waals surface area contributed by atoms with E-state index in [-0.39, 0.29) is 7.12 Å². The van der Waals surface area contributed by atoms with Gasteiger partial charge in [-0.1, -0.05) is 41.9 Å². The van der Waals surface area contributed by atoms with Crippen molar-refractivity contribution in [2.24, 2.45) is 0 Å². The van der Waals surface area contributed by atoms with Crippen LogP contribution in [0.3, 0.4) is 0 Å². The summed E-state index contributed by atoms with van der Waals surface area (Å²) >= 11 is 0. The minimum absolute atomic E-state index is 0.224. The molecule has 0 amide bonds. The second-order valence-electron chi connectivity index (χ2n) is 4.13.